The van der Waals surface area contributed by atoms with Crippen molar-refractivity contribution in [3.05, 3.63) is 0 Å². The Morgan fingerprint density at radius 2 is 1.95 bits per heavy atom. The van der Waals surface area contributed by atoms with Crippen molar-refractivity contribution in [3.63, 3.8) is 0 Å². The molecule has 3 N–H and O–H groups in total. The number of rotatable bonds is 3. The van der Waals surface area contributed by atoms with Crippen molar-refractivity contribution < 1.29 is 34.1 Å². The van der Waals surface area contributed by atoms with Crippen LogP contribution in [0.5, 0.6) is 0 Å². The topological polar surface area (TPSA) is 125 Å². The van der Waals surface area contributed by atoms with Gasteiger partial charge in [-0.05, 0) is 0 Å². The van der Waals surface area contributed by atoms with E-state index in [2.05, 4.69) is 10.1 Å². The van der Waals surface area contributed by atoms with Crippen molar-refractivity contribution in [1.29, 1.82) is 0 Å². The minimum atomic E-state index is -1.00. The third kappa shape index (κ3) is 3.99. The van der Waals surface area contributed by atoms with E-state index in [1.165, 1.54) is 7.11 Å². The molecule has 0 aromatic rings. The van der Waals surface area contributed by atoms with Gasteiger partial charge in [-0.2, -0.15) is 0 Å². The molecule has 2 heterocycles. The predicted molar refractivity (Wildman–Crippen MR) is 74.7 cm³/mol. The van der Waals surface area contributed by atoms with E-state index >= 15 is 0 Å². The third-order valence-electron chi connectivity index (χ3n) is 3.64. The summed E-state index contributed by atoms with van der Waals surface area (Å²) in [7, 11) is 1.20. The molecule has 2 aliphatic rings. The summed E-state index contributed by atoms with van der Waals surface area (Å²) in [4.78, 5) is 35.6. The largest absolute Gasteiger partial charge is 0.480 e. The zero-order valence-electron chi connectivity index (χ0n) is 11.9. The number of esters is 1. The summed E-state index contributed by atoms with van der Waals surface area (Å²) < 4.78 is 9.78. The highest BCUT2D eigenvalue weighted by atomic mass is 35.5. The van der Waals surface area contributed by atoms with Crippen LogP contribution in [0.25, 0.3) is 0 Å². The second-order valence-corrected chi connectivity index (χ2v) is 5.12. The number of carbonyl (C=O) groups is 3. The van der Waals surface area contributed by atoms with Crippen LogP contribution >= 0.6 is 12.4 Å². The summed E-state index contributed by atoms with van der Waals surface area (Å²) in [5, 5.41) is 21.2. The molecule has 4 atom stereocenters. The Kier molecular flexibility index (Phi) is 6.39. The fourth-order valence-electron chi connectivity index (χ4n) is 2.57. The molecule has 9 nitrogen and oxygen atoms in total. The standard InChI is InChI=1S/C12H18N2O7.ClH/c1-20-11(18)9-2-6(15)5-14(9)12(19)21-7-3-8(10(16)17)13-4-7;/h6-9,13,15H,2-5H2,1H3,(H,16,17);1H/t6-,7-,8+,9+;/m1./s1. The predicted octanol–water partition coefficient (Wildman–Crippen LogP) is -1.03. The quantitative estimate of drug-likeness (QED) is 0.558. The third-order valence-corrected chi connectivity index (χ3v) is 3.64. The number of ether oxygens (including phenoxy) is 2. The fourth-order valence-corrected chi connectivity index (χ4v) is 2.57. The lowest BCUT2D eigenvalue weighted by Crippen LogP contribution is -2.43. The van der Waals surface area contributed by atoms with Gasteiger partial charge >= 0.3 is 18.0 Å². The van der Waals surface area contributed by atoms with Gasteiger partial charge < -0.3 is 25.0 Å². The van der Waals surface area contributed by atoms with E-state index in [4.69, 9.17) is 9.84 Å². The maximum Gasteiger partial charge on any atom is 0.410 e. The lowest BCUT2D eigenvalue weighted by atomic mass is 10.2. The van der Waals surface area contributed by atoms with Crippen LogP contribution in [0.3, 0.4) is 0 Å². The first-order valence-corrected chi connectivity index (χ1v) is 6.61. The van der Waals surface area contributed by atoms with E-state index in [9.17, 15) is 19.5 Å². The molecule has 0 radical (unpaired) electrons. The average molecular weight is 339 g/mol. The number of aliphatic carboxylic acids is 1. The molecular weight excluding hydrogens is 320 g/mol. The molecule has 2 aliphatic heterocycles. The smallest absolute Gasteiger partial charge is 0.410 e. The number of carboxylic acids is 1. The van der Waals surface area contributed by atoms with Gasteiger partial charge in [0.25, 0.3) is 0 Å². The minimum absolute atomic E-state index is 0. The molecule has 0 saturated carbocycles. The van der Waals surface area contributed by atoms with Crippen molar-refractivity contribution in [1.82, 2.24) is 10.2 Å². The van der Waals surface area contributed by atoms with Gasteiger partial charge in [-0.3, -0.25) is 9.69 Å². The molecule has 0 bridgehead atoms. The zero-order chi connectivity index (χ0) is 15.6. The number of nitrogens with zero attached hydrogens (tertiary/aromatic N) is 1. The van der Waals surface area contributed by atoms with Crippen LogP contribution in [0, 0.1) is 0 Å². The van der Waals surface area contributed by atoms with E-state index in [0.717, 1.165) is 4.90 Å². The Morgan fingerprint density at radius 3 is 2.50 bits per heavy atom. The molecule has 2 saturated heterocycles. The van der Waals surface area contributed by atoms with Gasteiger partial charge in [-0.1, -0.05) is 0 Å². The molecule has 126 valence electrons. The highest BCUT2D eigenvalue weighted by Gasteiger charge is 2.42. The molecule has 2 fully saturated rings. The number of hydrogen-bond acceptors (Lipinski definition) is 7. The normalized spacial score (nSPS) is 30.5. The number of aliphatic hydroxyl groups excluding tert-OH is 1. The number of halogens is 1. The number of carbonyl (C=O) groups excluding carboxylic acids is 2. The van der Waals surface area contributed by atoms with Crippen LogP contribution in [-0.4, -0.2) is 77.6 Å². The van der Waals surface area contributed by atoms with Crippen LogP contribution in [0.1, 0.15) is 12.8 Å². The molecule has 0 aromatic heterocycles. The first-order valence-electron chi connectivity index (χ1n) is 6.61. The first-order chi connectivity index (χ1) is 9.92. The molecule has 0 unspecified atom stereocenters. The number of carboxylic acid groups (broad SMARTS) is 1. The molecule has 0 aliphatic carbocycles. The van der Waals surface area contributed by atoms with Crippen LogP contribution < -0.4 is 5.32 Å². The van der Waals surface area contributed by atoms with Gasteiger partial charge in [-0.25, -0.2) is 9.59 Å². The van der Waals surface area contributed by atoms with Crippen molar-refractivity contribution in [2.24, 2.45) is 0 Å². The summed E-state index contributed by atoms with van der Waals surface area (Å²) in [5.74, 6) is -1.62. The maximum atomic E-state index is 12.1. The van der Waals surface area contributed by atoms with Gasteiger partial charge in [0.1, 0.15) is 18.2 Å². The Morgan fingerprint density at radius 1 is 1.27 bits per heavy atom. The Hall–Kier alpha value is -1.58. The highest BCUT2D eigenvalue weighted by molar-refractivity contribution is 5.85. The summed E-state index contributed by atoms with van der Waals surface area (Å²) in [6.07, 6.45) is -1.87. The molecule has 2 rings (SSSR count). The lowest BCUT2D eigenvalue weighted by Gasteiger charge is -2.23. The second kappa shape index (κ2) is 7.61. The number of methoxy groups -OCH3 is 1. The van der Waals surface area contributed by atoms with Crippen molar-refractivity contribution in [2.75, 3.05) is 20.2 Å². The SMILES string of the molecule is COC(=O)[C@@H]1C[C@@H](O)CN1C(=O)O[C@H]1CN[C@H](C(=O)O)C1.Cl. The Labute approximate surface area is 133 Å². The number of aliphatic hydroxyl groups is 1. The summed E-state index contributed by atoms with van der Waals surface area (Å²) in [6.45, 7) is 0.225. The van der Waals surface area contributed by atoms with E-state index in [-0.39, 0.29) is 38.3 Å². The molecule has 1 amide bonds. The number of nitrogens with one attached hydrogen (secondary N) is 1. The Bertz CT molecular complexity index is 447. The van der Waals surface area contributed by atoms with Gasteiger partial charge in [0, 0.05) is 19.4 Å². The monoisotopic (exact) mass is 338 g/mol. The van der Waals surface area contributed by atoms with Gasteiger partial charge in [0.2, 0.25) is 0 Å². The van der Waals surface area contributed by atoms with E-state index in [0.29, 0.717) is 0 Å². The molecule has 10 heteroatoms. The number of hydrogen-bond donors (Lipinski definition) is 3. The van der Waals surface area contributed by atoms with E-state index in [1.54, 1.807) is 0 Å². The van der Waals surface area contributed by atoms with E-state index < -0.39 is 42.3 Å². The summed E-state index contributed by atoms with van der Waals surface area (Å²) >= 11 is 0. The maximum absolute atomic E-state index is 12.1. The first kappa shape index (κ1) is 18.5. The zero-order valence-corrected chi connectivity index (χ0v) is 12.7. The second-order valence-electron chi connectivity index (χ2n) is 5.12. The highest BCUT2D eigenvalue weighted by Crippen LogP contribution is 2.21. The average Bonchev–Trinajstić information content (AvgIpc) is 3.04. The van der Waals surface area contributed by atoms with Gasteiger partial charge in [0.05, 0.1) is 19.8 Å². The molecule has 22 heavy (non-hydrogen) atoms. The molecular formula is C12H19ClN2O7. The number of β-amino-alcohol motifs (C(OH)–C–C–N with tert-alkyl or cyclic N) is 1. The van der Waals surface area contributed by atoms with Crippen molar-refractivity contribution >= 4 is 30.4 Å². The molecule has 0 aromatic carbocycles. The molecule has 0 spiro atoms. The van der Waals surface area contributed by atoms with Crippen molar-refractivity contribution in [2.45, 2.75) is 37.1 Å². The number of likely N-dealkylation sites (tertiary alicyclic amines) is 1. The van der Waals surface area contributed by atoms with Gasteiger partial charge in [0.15, 0.2) is 0 Å². The lowest BCUT2D eigenvalue weighted by molar-refractivity contribution is -0.145. The number of amides is 1. The van der Waals surface area contributed by atoms with Gasteiger partial charge in [-0.15, -0.1) is 12.4 Å². The minimum Gasteiger partial charge on any atom is -0.480 e. The van der Waals surface area contributed by atoms with Crippen LogP contribution in [0.15, 0.2) is 0 Å². The van der Waals surface area contributed by atoms with Crippen LogP contribution in [-0.2, 0) is 19.1 Å². The summed E-state index contributed by atoms with van der Waals surface area (Å²) in [5.41, 5.74) is 0. The van der Waals surface area contributed by atoms with Crippen LogP contribution in [0.4, 0.5) is 4.79 Å². The Balaban J connectivity index is 0.00000242. The van der Waals surface area contributed by atoms with E-state index in [1.807, 2.05) is 0 Å². The van der Waals surface area contributed by atoms with Crippen LogP contribution in [0.2, 0.25) is 0 Å². The summed E-state index contributed by atoms with van der Waals surface area (Å²) in [6, 6.07) is -1.62. The fraction of sp³-hybridized carbons (Fsp3) is 0.750. The van der Waals surface area contributed by atoms with Crippen molar-refractivity contribution in [3.8, 4) is 0 Å².